The summed E-state index contributed by atoms with van der Waals surface area (Å²) in [7, 11) is 0. The number of nitrogens with one attached hydrogen (secondary N) is 1. The molecule has 0 aromatic carbocycles. The Morgan fingerprint density at radius 1 is 1.08 bits per heavy atom. The molecule has 134 valence electrons. The summed E-state index contributed by atoms with van der Waals surface area (Å²) in [5.74, 6) is -5.70. The van der Waals surface area contributed by atoms with E-state index in [9.17, 15) is 26.7 Å². The Kier molecular flexibility index (Phi) is 5.50. The molecule has 1 amide bonds. The fourth-order valence-corrected chi connectivity index (χ4v) is 1.63. The molecule has 0 saturated heterocycles. The molecule has 0 aliphatic carbocycles. The number of rotatable bonds is 6. The van der Waals surface area contributed by atoms with E-state index in [0.717, 1.165) is 6.07 Å². The molecule has 1 N–H and O–H groups in total. The van der Waals surface area contributed by atoms with Crippen molar-refractivity contribution in [3.63, 3.8) is 0 Å². The molecule has 0 bridgehead atoms. The average molecular weight is 361 g/mol. The predicted molar refractivity (Wildman–Crippen MR) is 76.1 cm³/mol. The summed E-state index contributed by atoms with van der Waals surface area (Å²) in [6.45, 7) is -1.77. The van der Waals surface area contributed by atoms with Gasteiger partial charge in [0.25, 0.3) is 5.91 Å². The van der Waals surface area contributed by atoms with Crippen LogP contribution in [0.15, 0.2) is 42.9 Å². The largest absolute Gasteiger partial charge is 0.471 e. The van der Waals surface area contributed by atoms with Crippen LogP contribution in [0, 0.1) is 0 Å². The van der Waals surface area contributed by atoms with Gasteiger partial charge in [0.2, 0.25) is 5.88 Å². The van der Waals surface area contributed by atoms with E-state index in [1.807, 2.05) is 0 Å². The van der Waals surface area contributed by atoms with Crippen LogP contribution >= 0.6 is 0 Å². The monoisotopic (exact) mass is 361 g/mol. The fraction of sp³-hybridized carbons (Fsp3) is 0.267. The lowest BCUT2D eigenvalue weighted by Crippen LogP contribution is -2.41. The number of ether oxygens (including phenoxy) is 1. The zero-order chi connectivity index (χ0) is 18.5. The Hall–Kier alpha value is -2.78. The van der Waals surface area contributed by atoms with Gasteiger partial charge in [0.15, 0.2) is 6.61 Å². The van der Waals surface area contributed by atoms with Crippen LogP contribution in [0.1, 0.15) is 15.9 Å². The summed E-state index contributed by atoms with van der Waals surface area (Å²) in [4.78, 5) is 19.2. The first-order chi connectivity index (χ1) is 11.7. The van der Waals surface area contributed by atoms with E-state index < -0.39 is 18.7 Å². The van der Waals surface area contributed by atoms with Crippen molar-refractivity contribution in [2.24, 2.45) is 0 Å². The first-order valence-electron chi connectivity index (χ1n) is 6.89. The number of carbonyl (C=O) groups is 1. The Morgan fingerprint density at radius 3 is 2.32 bits per heavy atom. The second-order valence-corrected chi connectivity index (χ2v) is 4.91. The molecule has 2 heterocycles. The summed E-state index contributed by atoms with van der Waals surface area (Å²) in [5, 5.41) is 2.59. The minimum atomic E-state index is -5.69. The molecule has 10 heteroatoms. The molecule has 25 heavy (non-hydrogen) atoms. The van der Waals surface area contributed by atoms with Gasteiger partial charge in [0.1, 0.15) is 0 Å². The third-order valence-corrected chi connectivity index (χ3v) is 3.01. The van der Waals surface area contributed by atoms with Crippen LogP contribution in [0.25, 0.3) is 0 Å². The Balaban J connectivity index is 1.87. The topological polar surface area (TPSA) is 64.1 Å². The van der Waals surface area contributed by atoms with Gasteiger partial charge < -0.3 is 10.1 Å². The summed E-state index contributed by atoms with van der Waals surface area (Å²) >= 11 is 0. The second-order valence-electron chi connectivity index (χ2n) is 4.91. The maximum atomic E-state index is 12.7. The van der Waals surface area contributed by atoms with Gasteiger partial charge in [-0.3, -0.25) is 9.78 Å². The SMILES string of the molecule is O=C(NCc1ccc(OCC(F)(F)C(F)(F)F)nc1)c1ccncc1. The number of amides is 1. The van der Waals surface area contributed by atoms with Gasteiger partial charge in [0, 0.05) is 36.8 Å². The Morgan fingerprint density at radius 2 is 1.76 bits per heavy atom. The molecular formula is C15H12F5N3O2. The first kappa shape index (κ1) is 18.6. The summed E-state index contributed by atoms with van der Waals surface area (Å²) < 4.78 is 65.9. The third kappa shape index (κ3) is 5.10. The number of carbonyl (C=O) groups excluding carboxylic acids is 1. The van der Waals surface area contributed by atoms with Crippen LogP contribution in [0.2, 0.25) is 0 Å². The lowest BCUT2D eigenvalue weighted by Gasteiger charge is -2.19. The van der Waals surface area contributed by atoms with Crippen LogP contribution in [-0.4, -0.2) is 34.6 Å². The summed E-state index contributed by atoms with van der Waals surface area (Å²) in [6.07, 6.45) is -1.57. The van der Waals surface area contributed by atoms with Crippen LogP contribution in [0.5, 0.6) is 5.88 Å². The molecule has 0 spiro atoms. The van der Waals surface area contributed by atoms with E-state index in [2.05, 4.69) is 20.0 Å². The van der Waals surface area contributed by atoms with E-state index in [1.54, 1.807) is 0 Å². The van der Waals surface area contributed by atoms with Crippen molar-refractivity contribution in [1.82, 2.24) is 15.3 Å². The maximum Gasteiger partial charge on any atom is 0.456 e. The highest BCUT2D eigenvalue weighted by molar-refractivity contribution is 5.93. The van der Waals surface area contributed by atoms with Gasteiger partial charge >= 0.3 is 12.1 Å². The summed E-state index contributed by atoms with van der Waals surface area (Å²) in [6, 6.07) is 5.57. The Labute approximate surface area is 138 Å². The first-order valence-corrected chi connectivity index (χ1v) is 6.89. The van der Waals surface area contributed by atoms with E-state index >= 15 is 0 Å². The molecule has 0 radical (unpaired) electrons. The lowest BCUT2D eigenvalue weighted by atomic mass is 10.2. The highest BCUT2D eigenvalue weighted by Crippen LogP contribution is 2.35. The van der Waals surface area contributed by atoms with Crippen molar-refractivity contribution in [3.05, 3.63) is 54.0 Å². The molecule has 5 nitrogen and oxygen atoms in total. The van der Waals surface area contributed by atoms with Gasteiger partial charge in [-0.05, 0) is 17.7 Å². The molecule has 0 unspecified atom stereocenters. The van der Waals surface area contributed by atoms with Gasteiger partial charge in [-0.1, -0.05) is 6.07 Å². The Bertz CT molecular complexity index is 705. The third-order valence-electron chi connectivity index (χ3n) is 3.01. The number of halogens is 5. The van der Waals surface area contributed by atoms with Gasteiger partial charge in [0.05, 0.1) is 0 Å². The molecule has 2 aromatic heterocycles. The molecule has 0 fully saturated rings. The van der Waals surface area contributed by atoms with Crippen molar-refractivity contribution in [2.75, 3.05) is 6.61 Å². The molecule has 2 rings (SSSR count). The van der Waals surface area contributed by atoms with E-state index in [4.69, 9.17) is 0 Å². The van der Waals surface area contributed by atoms with Crippen molar-refractivity contribution in [3.8, 4) is 5.88 Å². The van der Waals surface area contributed by atoms with Crippen molar-refractivity contribution >= 4 is 5.91 Å². The summed E-state index contributed by atoms with van der Waals surface area (Å²) in [5.41, 5.74) is 0.912. The van der Waals surface area contributed by atoms with Crippen molar-refractivity contribution in [1.29, 1.82) is 0 Å². The number of hydrogen-bond donors (Lipinski definition) is 1. The van der Waals surface area contributed by atoms with Gasteiger partial charge in [-0.25, -0.2) is 4.98 Å². The lowest BCUT2D eigenvalue weighted by molar-refractivity contribution is -0.290. The standard InChI is InChI=1S/C15H12F5N3O2/c16-14(17,15(18,19)20)9-25-12-2-1-10(7-22-12)8-23-13(24)11-3-5-21-6-4-11/h1-7H,8-9H2,(H,23,24). The maximum absolute atomic E-state index is 12.7. The highest BCUT2D eigenvalue weighted by Gasteiger charge is 2.58. The molecule has 0 aliphatic rings. The van der Waals surface area contributed by atoms with E-state index in [1.165, 1.54) is 36.8 Å². The van der Waals surface area contributed by atoms with Gasteiger partial charge in [-0.2, -0.15) is 22.0 Å². The number of aromatic nitrogens is 2. The van der Waals surface area contributed by atoms with E-state index in [0.29, 0.717) is 11.1 Å². The smallest absolute Gasteiger partial charge is 0.456 e. The average Bonchev–Trinajstić information content (AvgIpc) is 2.58. The molecule has 2 aromatic rings. The molecular weight excluding hydrogens is 349 g/mol. The number of nitrogens with zero attached hydrogens (tertiary/aromatic N) is 2. The molecule has 0 saturated carbocycles. The molecule has 0 aliphatic heterocycles. The zero-order valence-corrected chi connectivity index (χ0v) is 12.6. The van der Waals surface area contributed by atoms with Crippen LogP contribution in [0.4, 0.5) is 22.0 Å². The van der Waals surface area contributed by atoms with Crippen molar-refractivity contribution < 1.29 is 31.5 Å². The highest BCUT2D eigenvalue weighted by atomic mass is 19.4. The number of alkyl halides is 5. The van der Waals surface area contributed by atoms with Crippen LogP contribution in [0.3, 0.4) is 0 Å². The number of hydrogen-bond acceptors (Lipinski definition) is 4. The minimum absolute atomic E-state index is 0.0904. The molecule has 0 atom stereocenters. The van der Waals surface area contributed by atoms with Crippen LogP contribution < -0.4 is 10.1 Å². The normalized spacial score (nSPS) is 11.9. The minimum Gasteiger partial charge on any atom is -0.471 e. The van der Waals surface area contributed by atoms with E-state index in [-0.39, 0.29) is 18.3 Å². The second kappa shape index (κ2) is 7.41. The number of pyridine rings is 2. The zero-order valence-electron chi connectivity index (χ0n) is 12.6. The predicted octanol–water partition coefficient (Wildman–Crippen LogP) is 2.98. The van der Waals surface area contributed by atoms with Crippen molar-refractivity contribution in [2.45, 2.75) is 18.6 Å². The van der Waals surface area contributed by atoms with Crippen LogP contribution in [-0.2, 0) is 6.54 Å². The quantitative estimate of drug-likeness (QED) is 0.804. The van der Waals surface area contributed by atoms with Gasteiger partial charge in [-0.15, -0.1) is 0 Å². The fourth-order valence-electron chi connectivity index (χ4n) is 1.63.